The van der Waals surface area contributed by atoms with Crippen molar-refractivity contribution in [2.75, 3.05) is 0 Å². The van der Waals surface area contributed by atoms with Gasteiger partial charge in [0.05, 0.1) is 0 Å². The van der Waals surface area contributed by atoms with E-state index < -0.39 is 0 Å². The quantitative estimate of drug-likeness (QED) is 0.590. The third-order valence-electron chi connectivity index (χ3n) is 1.57. The van der Waals surface area contributed by atoms with Crippen molar-refractivity contribution < 1.29 is 9.59 Å². The molecule has 0 saturated carbocycles. The molecule has 0 N–H and O–H groups in total. The second-order valence-corrected chi connectivity index (χ2v) is 2.84. The summed E-state index contributed by atoms with van der Waals surface area (Å²) in [7, 11) is 0. The summed E-state index contributed by atoms with van der Waals surface area (Å²) in [6, 6.07) is 0. The van der Waals surface area contributed by atoms with E-state index >= 15 is 0 Å². The molecule has 0 aromatic heterocycles. The average molecular weight is 156 g/mol. The van der Waals surface area contributed by atoms with Gasteiger partial charge < -0.3 is 4.79 Å². The average Bonchev–Trinajstić information content (AvgIpc) is 1.97. The Hall–Kier alpha value is -0.660. The molecule has 0 unspecified atom stereocenters. The number of unbranched alkanes of at least 4 members (excludes halogenated alkanes) is 1. The zero-order valence-electron chi connectivity index (χ0n) is 7.35. The summed E-state index contributed by atoms with van der Waals surface area (Å²) in [6.45, 7) is 3.57. The van der Waals surface area contributed by atoms with Gasteiger partial charge >= 0.3 is 0 Å². The van der Waals surface area contributed by atoms with Crippen molar-refractivity contribution in [2.24, 2.45) is 0 Å². The van der Waals surface area contributed by atoms with Gasteiger partial charge in [-0.1, -0.05) is 13.3 Å². The van der Waals surface area contributed by atoms with Crippen LogP contribution in [0.15, 0.2) is 0 Å². The van der Waals surface area contributed by atoms with Crippen LogP contribution in [0.1, 0.15) is 46.0 Å². The van der Waals surface area contributed by atoms with Gasteiger partial charge in [-0.25, -0.2) is 0 Å². The first-order valence-electron chi connectivity index (χ1n) is 4.18. The molecule has 0 bridgehead atoms. The lowest BCUT2D eigenvalue weighted by Crippen LogP contribution is -2.00. The van der Waals surface area contributed by atoms with Gasteiger partial charge in [-0.3, -0.25) is 4.79 Å². The number of hydrogen-bond acceptors (Lipinski definition) is 2. The Bertz CT molecular complexity index is 138. The molecular formula is C9H16O2. The number of rotatable bonds is 6. The van der Waals surface area contributed by atoms with Crippen LogP contribution in [0.2, 0.25) is 0 Å². The summed E-state index contributed by atoms with van der Waals surface area (Å²) in [4.78, 5) is 21.4. The summed E-state index contributed by atoms with van der Waals surface area (Å²) in [5.41, 5.74) is 0. The highest BCUT2D eigenvalue weighted by Crippen LogP contribution is 2.01. The number of Topliss-reactive ketones (excluding diaryl/α,β-unsaturated/α-hetero) is 2. The molecule has 0 aromatic rings. The zero-order valence-corrected chi connectivity index (χ0v) is 7.35. The molecule has 0 amide bonds. The van der Waals surface area contributed by atoms with Crippen LogP contribution >= 0.6 is 0 Å². The molecular weight excluding hydrogens is 140 g/mol. The molecule has 64 valence electrons. The van der Waals surface area contributed by atoms with E-state index in [4.69, 9.17) is 0 Å². The summed E-state index contributed by atoms with van der Waals surface area (Å²) in [5.74, 6) is 0.330. The van der Waals surface area contributed by atoms with Crippen molar-refractivity contribution in [2.45, 2.75) is 46.0 Å². The molecule has 0 aromatic carbocycles. The van der Waals surface area contributed by atoms with E-state index in [9.17, 15) is 9.59 Å². The topological polar surface area (TPSA) is 34.1 Å². The minimum Gasteiger partial charge on any atom is -0.300 e. The molecule has 0 heterocycles. The second kappa shape index (κ2) is 6.08. The maximum atomic E-state index is 11.0. The fourth-order valence-electron chi connectivity index (χ4n) is 0.814. The van der Waals surface area contributed by atoms with Gasteiger partial charge in [-0.2, -0.15) is 0 Å². The third-order valence-corrected chi connectivity index (χ3v) is 1.57. The summed E-state index contributed by atoms with van der Waals surface area (Å²) < 4.78 is 0. The molecule has 0 radical (unpaired) electrons. The van der Waals surface area contributed by atoms with Crippen molar-refractivity contribution in [3.63, 3.8) is 0 Å². The lowest BCUT2D eigenvalue weighted by Gasteiger charge is -1.96. The van der Waals surface area contributed by atoms with E-state index in [-0.39, 0.29) is 11.6 Å². The number of ketones is 2. The molecule has 0 fully saturated rings. The lowest BCUT2D eigenvalue weighted by atomic mass is 10.1. The fourth-order valence-corrected chi connectivity index (χ4v) is 0.814. The Kier molecular flexibility index (Phi) is 5.71. The number of hydrogen-bond donors (Lipinski definition) is 0. The first-order chi connectivity index (χ1) is 5.16. The fraction of sp³-hybridized carbons (Fsp3) is 0.778. The number of carbonyl (C=O) groups is 2. The van der Waals surface area contributed by atoms with Gasteiger partial charge in [0.2, 0.25) is 0 Å². The Morgan fingerprint density at radius 2 is 1.73 bits per heavy atom. The van der Waals surface area contributed by atoms with Crippen LogP contribution in [0.25, 0.3) is 0 Å². The van der Waals surface area contributed by atoms with E-state index in [2.05, 4.69) is 6.92 Å². The molecule has 0 aliphatic rings. The molecule has 2 nitrogen and oxygen atoms in total. The van der Waals surface area contributed by atoms with Crippen LogP contribution in [-0.2, 0) is 9.59 Å². The van der Waals surface area contributed by atoms with Gasteiger partial charge in [-0.05, 0) is 13.3 Å². The molecule has 0 saturated heterocycles. The maximum Gasteiger partial charge on any atom is 0.133 e. The zero-order chi connectivity index (χ0) is 8.69. The van der Waals surface area contributed by atoms with Crippen LogP contribution in [-0.4, -0.2) is 11.6 Å². The molecule has 0 aliphatic heterocycles. The smallest absolute Gasteiger partial charge is 0.133 e. The van der Waals surface area contributed by atoms with Gasteiger partial charge in [0.15, 0.2) is 0 Å². The Morgan fingerprint density at radius 3 is 2.18 bits per heavy atom. The van der Waals surface area contributed by atoms with Crippen LogP contribution < -0.4 is 0 Å². The first kappa shape index (κ1) is 10.3. The normalized spacial score (nSPS) is 9.64. The number of carbonyl (C=O) groups excluding carboxylic acids is 2. The van der Waals surface area contributed by atoms with Crippen molar-refractivity contribution >= 4 is 11.6 Å². The Balaban J connectivity index is 3.30. The van der Waals surface area contributed by atoms with Crippen molar-refractivity contribution in [1.82, 2.24) is 0 Å². The van der Waals surface area contributed by atoms with Gasteiger partial charge in [0.25, 0.3) is 0 Å². The first-order valence-corrected chi connectivity index (χ1v) is 4.18. The highest BCUT2D eigenvalue weighted by molar-refractivity contribution is 5.84. The largest absolute Gasteiger partial charge is 0.300 e. The molecule has 11 heavy (non-hydrogen) atoms. The molecule has 2 heteroatoms. The second-order valence-electron chi connectivity index (χ2n) is 2.84. The van der Waals surface area contributed by atoms with E-state index in [1.807, 2.05) is 0 Å². The Morgan fingerprint density at radius 1 is 1.09 bits per heavy atom. The van der Waals surface area contributed by atoms with Crippen molar-refractivity contribution in [3.05, 3.63) is 0 Å². The van der Waals surface area contributed by atoms with E-state index in [0.717, 1.165) is 12.8 Å². The molecule has 0 rings (SSSR count). The highest BCUT2D eigenvalue weighted by Gasteiger charge is 2.02. The minimum atomic E-state index is 0.106. The van der Waals surface area contributed by atoms with E-state index in [1.165, 1.54) is 6.92 Å². The van der Waals surface area contributed by atoms with Gasteiger partial charge in [0.1, 0.15) is 11.6 Å². The molecule has 0 spiro atoms. The predicted octanol–water partition coefficient (Wildman–Crippen LogP) is 2.11. The standard InChI is InChI=1S/C9H16O2/c1-3-4-5-9(11)7-6-8(2)10/h3-7H2,1-2H3. The lowest BCUT2D eigenvalue weighted by molar-refractivity contribution is -0.123. The summed E-state index contributed by atoms with van der Waals surface area (Å²) in [5, 5.41) is 0. The van der Waals surface area contributed by atoms with Gasteiger partial charge in [-0.15, -0.1) is 0 Å². The predicted molar refractivity (Wildman–Crippen MR) is 44.4 cm³/mol. The molecule has 0 atom stereocenters. The van der Waals surface area contributed by atoms with E-state index in [1.54, 1.807) is 0 Å². The van der Waals surface area contributed by atoms with Crippen LogP contribution in [0.5, 0.6) is 0 Å². The van der Waals surface area contributed by atoms with E-state index in [0.29, 0.717) is 19.3 Å². The molecule has 0 aliphatic carbocycles. The SMILES string of the molecule is CCCCC(=O)CCC(C)=O. The third kappa shape index (κ3) is 7.23. The highest BCUT2D eigenvalue weighted by atomic mass is 16.1. The Labute approximate surface area is 68.0 Å². The minimum absolute atomic E-state index is 0.106. The van der Waals surface area contributed by atoms with Crippen LogP contribution in [0, 0.1) is 0 Å². The van der Waals surface area contributed by atoms with Crippen molar-refractivity contribution in [3.8, 4) is 0 Å². The maximum absolute atomic E-state index is 11.0. The van der Waals surface area contributed by atoms with Crippen LogP contribution in [0.4, 0.5) is 0 Å². The monoisotopic (exact) mass is 156 g/mol. The summed E-state index contributed by atoms with van der Waals surface area (Å²) in [6.07, 6.45) is 3.50. The summed E-state index contributed by atoms with van der Waals surface area (Å²) >= 11 is 0. The van der Waals surface area contributed by atoms with Gasteiger partial charge in [0, 0.05) is 19.3 Å². The van der Waals surface area contributed by atoms with Crippen LogP contribution in [0.3, 0.4) is 0 Å². The van der Waals surface area contributed by atoms with Crippen molar-refractivity contribution in [1.29, 1.82) is 0 Å².